The van der Waals surface area contributed by atoms with Crippen molar-refractivity contribution >= 4 is 40.7 Å². The lowest BCUT2D eigenvalue weighted by molar-refractivity contribution is -0.126. The van der Waals surface area contributed by atoms with Crippen LogP contribution < -0.4 is 10.2 Å². The van der Waals surface area contributed by atoms with Gasteiger partial charge in [0.2, 0.25) is 11.8 Å². The van der Waals surface area contributed by atoms with Gasteiger partial charge in [0.15, 0.2) is 0 Å². The van der Waals surface area contributed by atoms with E-state index in [0.717, 1.165) is 5.56 Å². The van der Waals surface area contributed by atoms with Crippen LogP contribution in [0, 0.1) is 5.92 Å². The number of anilines is 1. The maximum absolute atomic E-state index is 12.5. The van der Waals surface area contributed by atoms with Crippen molar-refractivity contribution in [2.45, 2.75) is 19.4 Å². The molecule has 0 aliphatic carbocycles. The molecule has 0 bridgehead atoms. The fourth-order valence-electron chi connectivity index (χ4n) is 2.98. The molecule has 3 rings (SSSR count). The molecule has 1 N–H and O–H groups in total. The Bertz CT molecular complexity index is 775. The highest BCUT2D eigenvalue weighted by Gasteiger charge is 2.35. The van der Waals surface area contributed by atoms with Crippen molar-refractivity contribution in [3.8, 4) is 0 Å². The van der Waals surface area contributed by atoms with Gasteiger partial charge in [0.05, 0.1) is 12.0 Å². The average molecular weight is 377 g/mol. The minimum Gasteiger partial charge on any atom is -0.349 e. The van der Waals surface area contributed by atoms with Crippen LogP contribution in [-0.4, -0.2) is 18.4 Å². The molecule has 1 fully saturated rings. The van der Waals surface area contributed by atoms with E-state index in [4.69, 9.17) is 23.2 Å². The quantitative estimate of drug-likeness (QED) is 0.867. The Balaban J connectivity index is 1.68. The van der Waals surface area contributed by atoms with Gasteiger partial charge >= 0.3 is 0 Å². The lowest BCUT2D eigenvalue weighted by atomic mass is 10.1. The number of hydrogen-bond donors (Lipinski definition) is 1. The first-order valence-electron chi connectivity index (χ1n) is 8.06. The summed E-state index contributed by atoms with van der Waals surface area (Å²) in [5.74, 6) is -0.623. The van der Waals surface area contributed by atoms with Crippen LogP contribution in [0.1, 0.15) is 24.9 Å². The van der Waals surface area contributed by atoms with E-state index in [0.29, 0.717) is 22.3 Å². The molecule has 0 saturated carbocycles. The zero-order chi connectivity index (χ0) is 18.0. The molecule has 0 radical (unpaired) electrons. The van der Waals surface area contributed by atoms with Crippen molar-refractivity contribution in [3.05, 3.63) is 64.1 Å². The first kappa shape index (κ1) is 17.8. The van der Waals surface area contributed by atoms with E-state index in [2.05, 4.69) is 5.32 Å². The highest BCUT2D eigenvalue weighted by atomic mass is 35.5. The third kappa shape index (κ3) is 4.14. The molecule has 2 amide bonds. The zero-order valence-corrected chi connectivity index (χ0v) is 15.2. The van der Waals surface area contributed by atoms with E-state index >= 15 is 0 Å². The predicted octanol–water partition coefficient (Wildman–Crippen LogP) is 4.22. The molecule has 1 heterocycles. The van der Waals surface area contributed by atoms with Gasteiger partial charge in [-0.15, -0.1) is 0 Å². The summed E-state index contributed by atoms with van der Waals surface area (Å²) >= 11 is 12.0. The largest absolute Gasteiger partial charge is 0.349 e. The number of carbonyl (C=O) groups excluding carboxylic acids is 2. The summed E-state index contributed by atoms with van der Waals surface area (Å²) in [6, 6.07) is 14.6. The van der Waals surface area contributed by atoms with Crippen LogP contribution in [0.3, 0.4) is 0 Å². The molecule has 1 aliphatic heterocycles. The van der Waals surface area contributed by atoms with Crippen molar-refractivity contribution < 1.29 is 9.59 Å². The monoisotopic (exact) mass is 376 g/mol. The van der Waals surface area contributed by atoms with Gasteiger partial charge in [-0.25, -0.2) is 0 Å². The van der Waals surface area contributed by atoms with Crippen molar-refractivity contribution in [2.75, 3.05) is 11.4 Å². The normalized spacial score (nSPS) is 18.3. The minimum atomic E-state index is -0.392. The Morgan fingerprint density at radius 3 is 2.44 bits per heavy atom. The molecule has 1 saturated heterocycles. The molecule has 6 heteroatoms. The molecule has 25 heavy (non-hydrogen) atoms. The topological polar surface area (TPSA) is 49.4 Å². The summed E-state index contributed by atoms with van der Waals surface area (Å²) in [4.78, 5) is 26.4. The van der Waals surface area contributed by atoms with Crippen molar-refractivity contribution in [2.24, 2.45) is 5.92 Å². The van der Waals surface area contributed by atoms with Gasteiger partial charge in [0.25, 0.3) is 0 Å². The summed E-state index contributed by atoms with van der Waals surface area (Å²) in [7, 11) is 0. The fraction of sp³-hybridized carbons (Fsp3) is 0.263. The first-order valence-corrected chi connectivity index (χ1v) is 8.81. The Kier molecular flexibility index (Phi) is 5.30. The van der Waals surface area contributed by atoms with Gasteiger partial charge in [0, 0.05) is 28.7 Å². The zero-order valence-electron chi connectivity index (χ0n) is 13.7. The molecule has 2 atom stereocenters. The maximum atomic E-state index is 12.5. The molecule has 4 nitrogen and oxygen atoms in total. The van der Waals surface area contributed by atoms with Crippen molar-refractivity contribution in [1.82, 2.24) is 5.32 Å². The van der Waals surface area contributed by atoms with Gasteiger partial charge in [0.1, 0.15) is 0 Å². The molecule has 2 unspecified atom stereocenters. The summed E-state index contributed by atoms with van der Waals surface area (Å²) in [5, 5.41) is 3.90. The van der Waals surface area contributed by atoms with Crippen LogP contribution >= 0.6 is 23.2 Å². The first-order chi connectivity index (χ1) is 11.9. The van der Waals surface area contributed by atoms with Crippen LogP contribution in [0.15, 0.2) is 48.5 Å². The number of rotatable bonds is 4. The number of nitrogens with one attached hydrogen (secondary N) is 1. The number of nitrogens with zero attached hydrogens (tertiary/aromatic N) is 1. The molecule has 0 spiro atoms. The highest BCUT2D eigenvalue weighted by Crippen LogP contribution is 2.30. The van der Waals surface area contributed by atoms with Gasteiger partial charge in [-0.2, -0.15) is 0 Å². The van der Waals surface area contributed by atoms with Crippen LogP contribution in [0.25, 0.3) is 0 Å². The summed E-state index contributed by atoms with van der Waals surface area (Å²) in [5.41, 5.74) is 1.65. The maximum Gasteiger partial charge on any atom is 0.227 e. The molecule has 0 aromatic heterocycles. The van der Waals surface area contributed by atoms with E-state index in [1.54, 1.807) is 23.1 Å². The Labute approximate surface area is 156 Å². The lowest BCUT2D eigenvalue weighted by Gasteiger charge is -2.19. The second-order valence-electron chi connectivity index (χ2n) is 6.17. The predicted molar refractivity (Wildman–Crippen MR) is 99.9 cm³/mol. The standard InChI is InChI=1S/C19H18Cl2N2O2/c1-12(13-5-3-2-4-6-13)22-19(25)14-7-18(24)23(11-14)17-9-15(20)8-16(21)10-17/h2-6,8-10,12,14H,7,11H2,1H3,(H,22,25). The molecule has 1 aliphatic rings. The number of carbonyl (C=O) groups is 2. The van der Waals surface area contributed by atoms with Crippen LogP contribution in [-0.2, 0) is 9.59 Å². The van der Waals surface area contributed by atoms with E-state index in [1.165, 1.54) is 0 Å². The van der Waals surface area contributed by atoms with Crippen LogP contribution in [0.2, 0.25) is 10.0 Å². The van der Waals surface area contributed by atoms with Gasteiger partial charge in [-0.3, -0.25) is 9.59 Å². The Morgan fingerprint density at radius 2 is 1.80 bits per heavy atom. The smallest absolute Gasteiger partial charge is 0.227 e. The van der Waals surface area contributed by atoms with Gasteiger partial charge in [-0.1, -0.05) is 53.5 Å². The summed E-state index contributed by atoms with van der Waals surface area (Å²) in [6.45, 7) is 2.25. The minimum absolute atomic E-state index is 0.106. The third-order valence-electron chi connectivity index (χ3n) is 4.31. The fourth-order valence-corrected chi connectivity index (χ4v) is 3.50. The number of halogens is 2. The molecule has 2 aromatic rings. The Morgan fingerprint density at radius 1 is 1.16 bits per heavy atom. The molecular formula is C19H18Cl2N2O2. The summed E-state index contributed by atoms with van der Waals surface area (Å²) < 4.78 is 0. The van der Waals surface area contributed by atoms with Gasteiger partial charge in [-0.05, 0) is 30.7 Å². The number of benzene rings is 2. The Hall–Kier alpha value is -2.04. The number of amides is 2. The van der Waals surface area contributed by atoms with Crippen LogP contribution in [0.5, 0.6) is 0 Å². The molecule has 130 valence electrons. The van der Waals surface area contributed by atoms with Crippen molar-refractivity contribution in [1.29, 1.82) is 0 Å². The summed E-state index contributed by atoms with van der Waals surface area (Å²) in [6.07, 6.45) is 0.178. The van der Waals surface area contributed by atoms with Gasteiger partial charge < -0.3 is 10.2 Å². The average Bonchev–Trinajstić information content (AvgIpc) is 2.97. The van der Waals surface area contributed by atoms with Crippen molar-refractivity contribution in [3.63, 3.8) is 0 Å². The highest BCUT2D eigenvalue weighted by molar-refractivity contribution is 6.35. The van der Waals surface area contributed by atoms with E-state index in [1.807, 2.05) is 37.3 Å². The second kappa shape index (κ2) is 7.46. The number of hydrogen-bond acceptors (Lipinski definition) is 2. The van der Waals surface area contributed by atoms with Crippen LogP contribution in [0.4, 0.5) is 5.69 Å². The second-order valence-corrected chi connectivity index (χ2v) is 7.05. The van der Waals surface area contributed by atoms with E-state index < -0.39 is 5.92 Å². The van der Waals surface area contributed by atoms with E-state index in [-0.39, 0.29) is 24.3 Å². The molecular weight excluding hydrogens is 359 g/mol. The van der Waals surface area contributed by atoms with E-state index in [9.17, 15) is 9.59 Å². The SMILES string of the molecule is CC(NC(=O)C1CC(=O)N(c2cc(Cl)cc(Cl)c2)C1)c1ccccc1. The third-order valence-corrected chi connectivity index (χ3v) is 4.75. The lowest BCUT2D eigenvalue weighted by Crippen LogP contribution is -2.34. The molecule has 2 aromatic carbocycles.